The van der Waals surface area contributed by atoms with Crippen LogP contribution in [-0.4, -0.2) is 50.6 Å². The fourth-order valence-electron chi connectivity index (χ4n) is 2.14. The average molecular weight is 272 g/mol. The second kappa shape index (κ2) is 6.69. The van der Waals surface area contributed by atoms with Crippen LogP contribution in [0.5, 0.6) is 0 Å². The molecule has 1 aromatic rings. The first-order chi connectivity index (χ1) is 9.56. The molecule has 2 nitrogen and oxygen atoms in total. The van der Waals surface area contributed by atoms with Crippen LogP contribution >= 0.6 is 0 Å². The van der Waals surface area contributed by atoms with Crippen molar-refractivity contribution in [2.45, 2.75) is 6.42 Å². The summed E-state index contributed by atoms with van der Waals surface area (Å²) in [5.41, 5.74) is 2.69. The highest BCUT2D eigenvalue weighted by Gasteiger charge is 2.11. The molecule has 0 aliphatic carbocycles. The summed E-state index contributed by atoms with van der Waals surface area (Å²) in [4.78, 5) is 4.21. The summed E-state index contributed by atoms with van der Waals surface area (Å²) in [5.74, 6) is 5.62. The van der Waals surface area contributed by atoms with Crippen LogP contribution in [0.15, 0.2) is 24.3 Å². The molecule has 0 fully saturated rings. The predicted octanol–water partition coefficient (Wildman–Crippen LogP) is 2.46. The molecule has 0 bridgehead atoms. The number of hydrogen-bond acceptors (Lipinski definition) is 2. The highest BCUT2D eigenvalue weighted by atomic mass is 19.1. The minimum atomic E-state index is -0.228. The maximum Gasteiger partial charge on any atom is 0.139 e. The number of rotatable bonds is 2. The second-order valence-corrected chi connectivity index (χ2v) is 5.48. The fourth-order valence-corrected chi connectivity index (χ4v) is 2.14. The van der Waals surface area contributed by atoms with E-state index in [1.54, 1.807) is 12.1 Å². The van der Waals surface area contributed by atoms with Gasteiger partial charge >= 0.3 is 0 Å². The van der Waals surface area contributed by atoms with Gasteiger partial charge in [0.05, 0.1) is 12.1 Å². The van der Waals surface area contributed by atoms with E-state index in [0.717, 1.165) is 25.1 Å². The third kappa shape index (κ3) is 3.93. The number of benzene rings is 1. The maximum atomic E-state index is 14.1. The zero-order chi connectivity index (χ0) is 14.5. The molecule has 0 spiro atoms. The first-order valence-corrected chi connectivity index (χ1v) is 6.87. The number of halogens is 1. The topological polar surface area (TPSA) is 6.48 Å². The number of hydrogen-bond donors (Lipinski definition) is 0. The standard InChI is InChI=1S/C17H21FN2/c1-19(2)10-4-5-15-6-7-16(13-17(15)18)14-8-11-20(3)12-9-14/h6-8,13H,9-12H2,1-3H3. The van der Waals surface area contributed by atoms with Crippen molar-refractivity contribution in [2.75, 3.05) is 40.8 Å². The SMILES string of the molecule is CN(C)CC#Cc1ccc(C2=CCN(C)CC2)cc1F. The van der Waals surface area contributed by atoms with E-state index in [0.29, 0.717) is 12.1 Å². The quantitative estimate of drug-likeness (QED) is 0.763. The van der Waals surface area contributed by atoms with Crippen molar-refractivity contribution in [3.05, 3.63) is 41.2 Å². The minimum Gasteiger partial charge on any atom is -0.302 e. The molecular weight excluding hydrogens is 251 g/mol. The maximum absolute atomic E-state index is 14.1. The fraction of sp³-hybridized carbons (Fsp3) is 0.412. The van der Waals surface area contributed by atoms with E-state index in [1.807, 2.05) is 25.1 Å². The monoisotopic (exact) mass is 272 g/mol. The van der Waals surface area contributed by atoms with Crippen LogP contribution in [0.1, 0.15) is 17.5 Å². The summed E-state index contributed by atoms with van der Waals surface area (Å²) in [6.07, 6.45) is 3.15. The second-order valence-electron chi connectivity index (χ2n) is 5.48. The van der Waals surface area contributed by atoms with Gasteiger partial charge in [0.1, 0.15) is 5.82 Å². The smallest absolute Gasteiger partial charge is 0.139 e. The Kier molecular flexibility index (Phi) is 4.94. The summed E-state index contributed by atoms with van der Waals surface area (Å²) < 4.78 is 14.1. The molecular formula is C17H21FN2. The Morgan fingerprint density at radius 1 is 1.35 bits per heavy atom. The van der Waals surface area contributed by atoms with Crippen LogP contribution in [0.2, 0.25) is 0 Å². The van der Waals surface area contributed by atoms with Gasteiger partial charge in [-0.15, -0.1) is 0 Å². The van der Waals surface area contributed by atoms with Crippen LogP contribution < -0.4 is 0 Å². The molecule has 0 saturated heterocycles. The molecule has 0 amide bonds. The van der Waals surface area contributed by atoms with Crippen molar-refractivity contribution in [3.63, 3.8) is 0 Å². The zero-order valence-corrected chi connectivity index (χ0v) is 12.4. The Morgan fingerprint density at radius 2 is 2.15 bits per heavy atom. The van der Waals surface area contributed by atoms with E-state index >= 15 is 0 Å². The van der Waals surface area contributed by atoms with E-state index in [9.17, 15) is 4.39 Å². The lowest BCUT2D eigenvalue weighted by Crippen LogP contribution is -2.23. The van der Waals surface area contributed by atoms with Crippen molar-refractivity contribution in [2.24, 2.45) is 0 Å². The lowest BCUT2D eigenvalue weighted by Gasteiger charge is -2.22. The molecule has 0 unspecified atom stereocenters. The molecule has 3 heteroatoms. The van der Waals surface area contributed by atoms with E-state index in [-0.39, 0.29) is 5.82 Å². The van der Waals surface area contributed by atoms with Gasteiger partial charge in [-0.3, -0.25) is 4.90 Å². The number of likely N-dealkylation sites (N-methyl/N-ethyl adjacent to an activating group) is 1. The summed E-state index contributed by atoms with van der Waals surface area (Å²) in [6.45, 7) is 2.60. The van der Waals surface area contributed by atoms with E-state index < -0.39 is 0 Å². The van der Waals surface area contributed by atoms with E-state index in [4.69, 9.17) is 0 Å². The summed E-state index contributed by atoms with van der Waals surface area (Å²) in [7, 11) is 5.98. The van der Waals surface area contributed by atoms with Gasteiger partial charge in [-0.2, -0.15) is 0 Å². The first-order valence-electron chi connectivity index (χ1n) is 6.87. The Hall–Kier alpha value is -1.63. The number of nitrogens with zero attached hydrogens (tertiary/aromatic N) is 2. The van der Waals surface area contributed by atoms with E-state index in [1.165, 1.54) is 5.57 Å². The van der Waals surface area contributed by atoms with Gasteiger partial charge in [-0.05, 0) is 50.8 Å². The molecule has 0 radical (unpaired) electrons. The third-order valence-corrected chi connectivity index (χ3v) is 3.37. The van der Waals surface area contributed by atoms with E-state index in [2.05, 4.69) is 29.9 Å². The molecule has 0 aromatic heterocycles. The largest absolute Gasteiger partial charge is 0.302 e. The van der Waals surface area contributed by atoms with Gasteiger partial charge in [-0.25, -0.2) is 4.39 Å². The molecule has 106 valence electrons. The van der Waals surface area contributed by atoms with Crippen LogP contribution in [0.3, 0.4) is 0 Å². The molecule has 2 rings (SSSR count). The van der Waals surface area contributed by atoms with Crippen molar-refractivity contribution in [1.29, 1.82) is 0 Å². The van der Waals surface area contributed by atoms with Gasteiger partial charge in [0, 0.05) is 13.1 Å². The molecule has 20 heavy (non-hydrogen) atoms. The zero-order valence-electron chi connectivity index (χ0n) is 12.4. The van der Waals surface area contributed by atoms with Crippen molar-refractivity contribution in [3.8, 4) is 11.8 Å². The first kappa shape index (κ1) is 14.8. The molecule has 1 aliphatic rings. The molecule has 1 heterocycles. The summed E-state index contributed by atoms with van der Waals surface area (Å²) in [6, 6.07) is 5.36. The minimum absolute atomic E-state index is 0.228. The van der Waals surface area contributed by atoms with Crippen LogP contribution in [0.4, 0.5) is 4.39 Å². The van der Waals surface area contributed by atoms with Gasteiger partial charge in [-0.1, -0.05) is 24.0 Å². The molecule has 0 N–H and O–H groups in total. The highest BCUT2D eigenvalue weighted by Crippen LogP contribution is 2.23. The van der Waals surface area contributed by atoms with Crippen LogP contribution in [0.25, 0.3) is 5.57 Å². The van der Waals surface area contributed by atoms with Gasteiger partial charge < -0.3 is 4.90 Å². The third-order valence-electron chi connectivity index (χ3n) is 3.37. The van der Waals surface area contributed by atoms with Crippen molar-refractivity contribution < 1.29 is 4.39 Å². The summed E-state index contributed by atoms with van der Waals surface area (Å²) in [5, 5.41) is 0. The van der Waals surface area contributed by atoms with Crippen LogP contribution in [-0.2, 0) is 0 Å². The molecule has 0 saturated carbocycles. The van der Waals surface area contributed by atoms with Crippen LogP contribution in [0, 0.1) is 17.7 Å². The Morgan fingerprint density at radius 3 is 2.75 bits per heavy atom. The normalized spacial score (nSPS) is 15.8. The Balaban J connectivity index is 2.15. The predicted molar refractivity (Wildman–Crippen MR) is 81.9 cm³/mol. The highest BCUT2D eigenvalue weighted by molar-refractivity contribution is 5.67. The Bertz CT molecular complexity index is 564. The van der Waals surface area contributed by atoms with Crippen molar-refractivity contribution >= 4 is 5.57 Å². The molecule has 0 atom stereocenters. The molecule has 1 aliphatic heterocycles. The van der Waals surface area contributed by atoms with Crippen molar-refractivity contribution in [1.82, 2.24) is 9.80 Å². The lowest BCUT2D eigenvalue weighted by atomic mass is 9.98. The Labute approximate surface area is 120 Å². The molecule has 1 aromatic carbocycles. The lowest BCUT2D eigenvalue weighted by molar-refractivity contribution is 0.370. The van der Waals surface area contributed by atoms with Gasteiger partial charge in [0.2, 0.25) is 0 Å². The van der Waals surface area contributed by atoms with Gasteiger partial charge in [0.15, 0.2) is 0 Å². The average Bonchev–Trinajstić information content (AvgIpc) is 2.41. The summed E-state index contributed by atoms with van der Waals surface area (Å²) >= 11 is 0. The van der Waals surface area contributed by atoms with Gasteiger partial charge in [0.25, 0.3) is 0 Å².